The van der Waals surface area contributed by atoms with Gasteiger partial charge >= 0.3 is 0 Å². The molecule has 0 aliphatic carbocycles. The van der Waals surface area contributed by atoms with Crippen LogP contribution in [0.3, 0.4) is 0 Å². The molecule has 1 spiro atoms. The first kappa shape index (κ1) is 11.1. The fourth-order valence-electron chi connectivity index (χ4n) is 3.49. The maximum absolute atomic E-state index is 3.59. The zero-order valence-electron chi connectivity index (χ0n) is 10.7. The van der Waals surface area contributed by atoms with E-state index in [1.54, 1.807) is 0 Å². The third-order valence-electron chi connectivity index (χ3n) is 4.64. The Bertz CT molecular complexity index is 402. The van der Waals surface area contributed by atoms with E-state index >= 15 is 0 Å². The third-order valence-corrected chi connectivity index (χ3v) is 4.64. The van der Waals surface area contributed by atoms with Crippen molar-refractivity contribution in [2.45, 2.75) is 37.6 Å². The van der Waals surface area contributed by atoms with Gasteiger partial charge in [-0.05, 0) is 50.9 Å². The maximum atomic E-state index is 3.59. The van der Waals surface area contributed by atoms with E-state index in [-0.39, 0.29) is 0 Å². The van der Waals surface area contributed by atoms with Gasteiger partial charge in [-0.1, -0.05) is 24.6 Å². The summed E-state index contributed by atoms with van der Waals surface area (Å²) in [6.07, 6.45) is 6.62. The molecule has 92 valence electrons. The number of anilines is 1. The summed E-state index contributed by atoms with van der Waals surface area (Å²) in [6.45, 7) is 2.38. The van der Waals surface area contributed by atoms with E-state index in [2.05, 4.69) is 41.5 Å². The molecule has 2 heterocycles. The minimum absolute atomic E-state index is 0.415. The first-order valence-corrected chi connectivity index (χ1v) is 6.83. The van der Waals surface area contributed by atoms with Gasteiger partial charge in [0.25, 0.3) is 0 Å². The van der Waals surface area contributed by atoms with E-state index in [1.165, 1.54) is 49.9 Å². The van der Waals surface area contributed by atoms with Gasteiger partial charge in [-0.15, -0.1) is 0 Å². The number of likely N-dealkylation sites (N-methyl/N-ethyl adjacent to an activating group) is 1. The lowest BCUT2D eigenvalue weighted by atomic mass is 9.79. The maximum Gasteiger partial charge on any atom is 0.0373 e. The Morgan fingerprint density at radius 1 is 1.18 bits per heavy atom. The molecular weight excluding hydrogens is 208 g/mol. The molecule has 2 nitrogen and oxygen atoms in total. The Morgan fingerprint density at radius 3 is 2.94 bits per heavy atom. The first-order valence-electron chi connectivity index (χ1n) is 6.83. The molecule has 0 radical (unpaired) electrons. The lowest BCUT2D eigenvalue weighted by molar-refractivity contribution is 0.0690. The molecule has 0 saturated carbocycles. The van der Waals surface area contributed by atoms with Crippen molar-refractivity contribution in [3.63, 3.8) is 0 Å². The first-order chi connectivity index (χ1) is 8.30. The highest BCUT2D eigenvalue weighted by molar-refractivity contribution is 5.52. The summed E-state index contributed by atoms with van der Waals surface area (Å²) in [7, 11) is 2.31. The second-order valence-electron chi connectivity index (χ2n) is 5.61. The Labute approximate surface area is 104 Å². The SMILES string of the molecule is CN1CCCCC12CCNc1ccccc1C2. The fraction of sp³-hybridized carbons (Fsp3) is 0.600. The number of fused-ring (bicyclic) bond motifs is 1. The predicted molar refractivity (Wildman–Crippen MR) is 72.5 cm³/mol. The van der Waals surface area contributed by atoms with Crippen LogP contribution in [-0.4, -0.2) is 30.6 Å². The Hall–Kier alpha value is -1.02. The number of rotatable bonds is 0. The van der Waals surface area contributed by atoms with E-state index in [0.717, 1.165) is 6.54 Å². The van der Waals surface area contributed by atoms with Crippen molar-refractivity contribution in [1.29, 1.82) is 0 Å². The molecule has 3 rings (SSSR count). The van der Waals surface area contributed by atoms with E-state index in [1.807, 2.05) is 0 Å². The van der Waals surface area contributed by atoms with Crippen LogP contribution in [0.2, 0.25) is 0 Å². The normalized spacial score (nSPS) is 29.5. The van der Waals surface area contributed by atoms with Gasteiger partial charge in [0.15, 0.2) is 0 Å². The van der Waals surface area contributed by atoms with Gasteiger partial charge in [0.05, 0.1) is 0 Å². The zero-order chi connectivity index (χ0) is 11.7. The van der Waals surface area contributed by atoms with Crippen LogP contribution in [0.5, 0.6) is 0 Å². The molecule has 1 atom stereocenters. The third kappa shape index (κ3) is 1.95. The predicted octanol–water partition coefficient (Wildman–Crippen LogP) is 2.90. The summed E-state index contributed by atoms with van der Waals surface area (Å²) in [5.41, 5.74) is 3.26. The molecule has 2 aliphatic heterocycles. The number of para-hydroxylation sites is 1. The summed E-state index contributed by atoms with van der Waals surface area (Å²) in [6, 6.07) is 8.81. The van der Waals surface area contributed by atoms with Crippen LogP contribution in [-0.2, 0) is 6.42 Å². The summed E-state index contributed by atoms with van der Waals surface area (Å²) in [4.78, 5) is 2.61. The van der Waals surface area contributed by atoms with Crippen molar-refractivity contribution in [2.24, 2.45) is 0 Å². The lowest BCUT2D eigenvalue weighted by Crippen LogP contribution is -2.51. The van der Waals surface area contributed by atoms with Gasteiger partial charge in [-0.25, -0.2) is 0 Å². The number of nitrogens with one attached hydrogen (secondary N) is 1. The number of nitrogens with zero attached hydrogens (tertiary/aromatic N) is 1. The van der Waals surface area contributed by atoms with E-state index in [0.29, 0.717) is 5.54 Å². The highest BCUT2D eigenvalue weighted by Gasteiger charge is 2.37. The molecule has 17 heavy (non-hydrogen) atoms. The Kier molecular flexibility index (Phi) is 2.83. The van der Waals surface area contributed by atoms with Crippen molar-refractivity contribution in [1.82, 2.24) is 4.90 Å². The van der Waals surface area contributed by atoms with E-state index in [4.69, 9.17) is 0 Å². The van der Waals surface area contributed by atoms with Crippen LogP contribution in [0.25, 0.3) is 0 Å². The number of likely N-dealkylation sites (tertiary alicyclic amines) is 1. The zero-order valence-corrected chi connectivity index (χ0v) is 10.7. The van der Waals surface area contributed by atoms with Crippen LogP contribution in [0.4, 0.5) is 5.69 Å². The summed E-state index contributed by atoms with van der Waals surface area (Å²) in [5, 5.41) is 3.59. The summed E-state index contributed by atoms with van der Waals surface area (Å²) in [5.74, 6) is 0. The van der Waals surface area contributed by atoms with Gasteiger partial charge < -0.3 is 10.2 Å². The second-order valence-corrected chi connectivity index (χ2v) is 5.61. The molecule has 2 aliphatic rings. The summed E-state index contributed by atoms with van der Waals surface area (Å²) >= 11 is 0. The van der Waals surface area contributed by atoms with Gasteiger partial charge in [0, 0.05) is 17.8 Å². The minimum Gasteiger partial charge on any atom is -0.385 e. The van der Waals surface area contributed by atoms with Crippen LogP contribution in [0.1, 0.15) is 31.2 Å². The molecule has 1 fully saturated rings. The average Bonchev–Trinajstić information content (AvgIpc) is 2.53. The standard InChI is InChI=1S/C15H22N2/c1-17-11-5-4-8-15(17)9-10-16-14-7-3-2-6-13(14)12-15/h2-3,6-7,16H,4-5,8-12H2,1H3. The quantitative estimate of drug-likeness (QED) is 0.737. The van der Waals surface area contributed by atoms with Crippen molar-refractivity contribution < 1.29 is 0 Å². The number of benzene rings is 1. The van der Waals surface area contributed by atoms with E-state index < -0.39 is 0 Å². The van der Waals surface area contributed by atoms with Crippen molar-refractivity contribution in [3.8, 4) is 0 Å². The molecule has 0 amide bonds. The number of piperidine rings is 1. The highest BCUT2D eigenvalue weighted by atomic mass is 15.2. The topological polar surface area (TPSA) is 15.3 Å². The highest BCUT2D eigenvalue weighted by Crippen LogP contribution is 2.37. The van der Waals surface area contributed by atoms with Crippen molar-refractivity contribution in [2.75, 3.05) is 25.5 Å². The minimum atomic E-state index is 0.415. The smallest absolute Gasteiger partial charge is 0.0373 e. The molecule has 1 saturated heterocycles. The summed E-state index contributed by atoms with van der Waals surface area (Å²) < 4.78 is 0. The number of hydrogen-bond acceptors (Lipinski definition) is 2. The van der Waals surface area contributed by atoms with Gasteiger partial charge in [-0.2, -0.15) is 0 Å². The second kappa shape index (κ2) is 4.34. The van der Waals surface area contributed by atoms with Crippen LogP contribution in [0, 0.1) is 0 Å². The van der Waals surface area contributed by atoms with Crippen LogP contribution < -0.4 is 5.32 Å². The number of hydrogen-bond donors (Lipinski definition) is 1. The van der Waals surface area contributed by atoms with Gasteiger partial charge in [0.1, 0.15) is 0 Å². The molecule has 0 bridgehead atoms. The van der Waals surface area contributed by atoms with E-state index in [9.17, 15) is 0 Å². The average molecular weight is 230 g/mol. The molecule has 2 heteroatoms. The molecule has 1 unspecified atom stereocenters. The monoisotopic (exact) mass is 230 g/mol. The lowest BCUT2D eigenvalue weighted by Gasteiger charge is -2.45. The molecule has 0 aromatic heterocycles. The molecule has 1 N–H and O–H groups in total. The Morgan fingerprint density at radius 2 is 2.06 bits per heavy atom. The molecule has 1 aromatic rings. The van der Waals surface area contributed by atoms with Crippen LogP contribution in [0.15, 0.2) is 24.3 Å². The molecular formula is C15H22N2. The Balaban J connectivity index is 1.93. The van der Waals surface area contributed by atoms with Gasteiger partial charge in [0.2, 0.25) is 0 Å². The van der Waals surface area contributed by atoms with Crippen LogP contribution >= 0.6 is 0 Å². The molecule has 1 aromatic carbocycles. The van der Waals surface area contributed by atoms with Crippen molar-refractivity contribution in [3.05, 3.63) is 29.8 Å². The fourth-order valence-corrected chi connectivity index (χ4v) is 3.49. The van der Waals surface area contributed by atoms with Gasteiger partial charge in [-0.3, -0.25) is 0 Å². The van der Waals surface area contributed by atoms with Crippen molar-refractivity contribution >= 4 is 5.69 Å². The largest absolute Gasteiger partial charge is 0.385 e.